The SMILES string of the molecule is N#C/C(c1nc2ccccc2[nH]1)=c1\s/c(=C(/N)O)c(=N)n1-c1ccccc1. The van der Waals surface area contributed by atoms with Gasteiger partial charge in [-0.2, -0.15) is 5.26 Å². The first-order chi connectivity index (χ1) is 13.1. The van der Waals surface area contributed by atoms with Crippen LogP contribution in [0.15, 0.2) is 54.6 Å². The molecule has 0 unspecified atom stereocenters. The Morgan fingerprint density at radius 2 is 1.89 bits per heavy atom. The first-order valence-electron chi connectivity index (χ1n) is 8.00. The molecule has 2 aromatic carbocycles. The molecule has 0 aliphatic rings. The van der Waals surface area contributed by atoms with Crippen molar-refractivity contribution < 1.29 is 5.11 Å². The van der Waals surface area contributed by atoms with Gasteiger partial charge in [-0.3, -0.25) is 9.98 Å². The van der Waals surface area contributed by atoms with Crippen molar-refractivity contribution in [2.24, 2.45) is 5.73 Å². The van der Waals surface area contributed by atoms with Crippen LogP contribution in [-0.2, 0) is 0 Å². The van der Waals surface area contributed by atoms with Gasteiger partial charge < -0.3 is 15.8 Å². The molecule has 4 aromatic rings. The maximum Gasteiger partial charge on any atom is 0.203 e. The van der Waals surface area contributed by atoms with E-state index >= 15 is 0 Å². The molecule has 7 nitrogen and oxygen atoms in total. The second-order valence-electron chi connectivity index (χ2n) is 5.73. The topological polar surface area (TPSA) is 128 Å². The summed E-state index contributed by atoms with van der Waals surface area (Å²) in [6.07, 6.45) is 0. The lowest BCUT2D eigenvalue weighted by molar-refractivity contribution is 0.493. The number of hydrogen-bond donors (Lipinski definition) is 4. The summed E-state index contributed by atoms with van der Waals surface area (Å²) in [5.74, 6) is -0.0597. The summed E-state index contributed by atoms with van der Waals surface area (Å²) in [7, 11) is 0. The Labute approximate surface area is 157 Å². The number of benzene rings is 2. The van der Waals surface area contributed by atoms with Crippen LogP contribution in [0.4, 0.5) is 0 Å². The van der Waals surface area contributed by atoms with Crippen LogP contribution < -0.4 is 20.4 Å². The van der Waals surface area contributed by atoms with Gasteiger partial charge in [0, 0.05) is 5.69 Å². The average Bonchev–Trinajstić information content (AvgIpc) is 3.24. The van der Waals surface area contributed by atoms with Gasteiger partial charge in [0.05, 0.1) is 11.0 Å². The summed E-state index contributed by atoms with van der Waals surface area (Å²) < 4.78 is 2.23. The summed E-state index contributed by atoms with van der Waals surface area (Å²) >= 11 is 1.07. The number of hydrogen-bond acceptors (Lipinski definition) is 6. The van der Waals surface area contributed by atoms with Crippen molar-refractivity contribution >= 4 is 33.8 Å². The summed E-state index contributed by atoms with van der Waals surface area (Å²) in [6.45, 7) is 0. The number of fused-ring (bicyclic) bond motifs is 1. The average molecular weight is 374 g/mol. The number of imidazole rings is 1. The molecule has 4 rings (SSSR count). The lowest BCUT2D eigenvalue weighted by Gasteiger charge is -2.03. The maximum absolute atomic E-state index is 9.85. The molecule has 0 saturated heterocycles. The highest BCUT2D eigenvalue weighted by Gasteiger charge is 2.15. The Morgan fingerprint density at radius 3 is 2.56 bits per heavy atom. The van der Waals surface area contributed by atoms with Crippen LogP contribution in [0.3, 0.4) is 0 Å². The summed E-state index contributed by atoms with van der Waals surface area (Å²) in [4.78, 5) is 7.64. The quantitative estimate of drug-likeness (QED) is 0.420. The number of aliphatic hydroxyl groups is 1. The number of aliphatic hydroxyl groups excluding tert-OH is 1. The van der Waals surface area contributed by atoms with Crippen LogP contribution in [0.25, 0.3) is 28.2 Å². The zero-order valence-electron chi connectivity index (χ0n) is 14.0. The molecule has 0 spiro atoms. The fourth-order valence-electron chi connectivity index (χ4n) is 2.83. The molecule has 0 saturated carbocycles. The van der Waals surface area contributed by atoms with Gasteiger partial charge in [0.1, 0.15) is 20.8 Å². The van der Waals surface area contributed by atoms with Gasteiger partial charge in [0.15, 0.2) is 11.3 Å². The molecule has 27 heavy (non-hydrogen) atoms. The summed E-state index contributed by atoms with van der Waals surface area (Å²) in [5, 5.41) is 28.1. The van der Waals surface area contributed by atoms with Gasteiger partial charge in [0.2, 0.25) is 5.88 Å². The molecule has 0 bridgehead atoms. The number of nitrogens with two attached hydrogens (primary N) is 1. The molecular weight excluding hydrogens is 360 g/mol. The molecular formula is C19H14N6OS. The fourth-order valence-corrected chi connectivity index (χ4v) is 3.85. The van der Waals surface area contributed by atoms with Crippen molar-refractivity contribution in [2.75, 3.05) is 0 Å². The summed E-state index contributed by atoms with van der Waals surface area (Å²) in [6, 6.07) is 18.8. The Morgan fingerprint density at radius 1 is 1.19 bits per heavy atom. The highest BCUT2D eigenvalue weighted by Crippen LogP contribution is 2.15. The minimum Gasteiger partial charge on any atom is -0.494 e. The lowest BCUT2D eigenvalue weighted by atomic mass is 10.3. The normalized spacial score (nSPS) is 13.3. The van der Waals surface area contributed by atoms with Crippen molar-refractivity contribution in [1.82, 2.24) is 14.5 Å². The number of thiazole rings is 1. The highest BCUT2D eigenvalue weighted by atomic mass is 32.1. The van der Waals surface area contributed by atoms with Crippen LogP contribution >= 0.6 is 11.3 Å². The van der Waals surface area contributed by atoms with E-state index in [1.165, 1.54) is 0 Å². The van der Waals surface area contributed by atoms with Crippen LogP contribution in [-0.4, -0.2) is 19.6 Å². The molecule has 0 aliphatic carbocycles. The monoisotopic (exact) mass is 374 g/mol. The number of aromatic amines is 1. The van der Waals surface area contributed by atoms with Crippen molar-refractivity contribution in [2.45, 2.75) is 0 Å². The lowest BCUT2D eigenvalue weighted by Crippen LogP contribution is -2.33. The Balaban J connectivity index is 2.16. The largest absolute Gasteiger partial charge is 0.494 e. The molecule has 0 radical (unpaired) electrons. The van der Waals surface area contributed by atoms with Crippen molar-refractivity contribution in [3.05, 3.63) is 75.1 Å². The predicted molar refractivity (Wildman–Crippen MR) is 103 cm³/mol. The molecule has 5 N–H and O–H groups in total. The van der Waals surface area contributed by atoms with Crippen LogP contribution in [0.2, 0.25) is 0 Å². The van der Waals surface area contributed by atoms with Crippen molar-refractivity contribution in [3.63, 3.8) is 0 Å². The van der Waals surface area contributed by atoms with E-state index in [9.17, 15) is 10.4 Å². The zero-order chi connectivity index (χ0) is 19.0. The van der Waals surface area contributed by atoms with Crippen LogP contribution in [0.5, 0.6) is 0 Å². The molecule has 8 heteroatoms. The van der Waals surface area contributed by atoms with Gasteiger partial charge in [0.25, 0.3) is 0 Å². The summed E-state index contributed by atoms with van der Waals surface area (Å²) in [5.41, 5.74) is 8.05. The smallest absolute Gasteiger partial charge is 0.203 e. The molecule has 0 amide bonds. The second kappa shape index (κ2) is 6.48. The standard InChI is InChI=1S/C19H14N6OS/c20-10-12(18-23-13-8-4-5-9-14(13)24-18)19-25(11-6-2-1-3-7-11)16(21)15(27-19)17(22)26/h1-9,21,26H,22H2,(H,23,24)/b17-15-,19-12+,21-16?. The van der Waals surface area contributed by atoms with E-state index in [4.69, 9.17) is 11.1 Å². The highest BCUT2D eigenvalue weighted by molar-refractivity contribution is 7.07. The van der Waals surface area contributed by atoms with E-state index in [0.29, 0.717) is 16.2 Å². The van der Waals surface area contributed by atoms with Gasteiger partial charge in [-0.25, -0.2) is 4.98 Å². The second-order valence-corrected chi connectivity index (χ2v) is 6.73. The predicted octanol–water partition coefficient (Wildman–Crippen LogP) is 1.20. The molecule has 2 heterocycles. The Kier molecular flexibility index (Phi) is 3.99. The Bertz CT molecular complexity index is 1330. The number of rotatable bonds is 2. The van der Waals surface area contributed by atoms with E-state index in [1.54, 1.807) is 4.57 Å². The maximum atomic E-state index is 9.85. The molecule has 0 atom stereocenters. The van der Waals surface area contributed by atoms with Gasteiger partial charge in [-0.05, 0) is 24.3 Å². The fraction of sp³-hybridized carbons (Fsp3) is 0. The van der Waals surface area contributed by atoms with Crippen LogP contribution in [0.1, 0.15) is 5.82 Å². The van der Waals surface area contributed by atoms with E-state index in [-0.39, 0.29) is 15.6 Å². The third-order valence-electron chi connectivity index (χ3n) is 4.04. The van der Waals surface area contributed by atoms with E-state index in [1.807, 2.05) is 54.6 Å². The number of aromatic nitrogens is 3. The van der Waals surface area contributed by atoms with E-state index in [0.717, 1.165) is 22.4 Å². The van der Waals surface area contributed by atoms with Crippen molar-refractivity contribution in [1.29, 1.82) is 10.7 Å². The molecule has 2 aromatic heterocycles. The van der Waals surface area contributed by atoms with E-state index < -0.39 is 5.88 Å². The van der Waals surface area contributed by atoms with Crippen molar-refractivity contribution in [3.8, 4) is 11.8 Å². The number of nitrogens with zero attached hydrogens (tertiary/aromatic N) is 3. The third-order valence-corrected chi connectivity index (χ3v) is 5.23. The number of para-hydroxylation sites is 3. The Hall–Kier alpha value is -3.83. The van der Waals surface area contributed by atoms with Crippen LogP contribution in [0, 0.1) is 16.7 Å². The van der Waals surface area contributed by atoms with Gasteiger partial charge in [-0.15, -0.1) is 11.3 Å². The van der Waals surface area contributed by atoms with E-state index in [2.05, 4.69) is 16.0 Å². The van der Waals surface area contributed by atoms with Gasteiger partial charge >= 0.3 is 0 Å². The van der Waals surface area contributed by atoms with Gasteiger partial charge in [-0.1, -0.05) is 30.3 Å². The number of H-pyrrole nitrogens is 1. The molecule has 132 valence electrons. The number of nitrogens with one attached hydrogen (secondary N) is 2. The molecule has 0 aliphatic heterocycles. The number of nitriles is 1. The minimum atomic E-state index is -0.456. The first kappa shape index (κ1) is 16.6. The minimum absolute atomic E-state index is 0.00469. The zero-order valence-corrected chi connectivity index (χ0v) is 14.8. The third kappa shape index (κ3) is 2.76. The first-order valence-corrected chi connectivity index (χ1v) is 8.82. The molecule has 0 fully saturated rings.